The zero-order valence-electron chi connectivity index (χ0n) is 13.9. The van der Waals surface area contributed by atoms with Crippen LogP contribution in [0, 0.1) is 0 Å². The molecule has 1 aromatic rings. The maximum atomic E-state index is 12.5. The van der Waals surface area contributed by atoms with Gasteiger partial charge in [-0.25, -0.2) is 4.79 Å². The van der Waals surface area contributed by atoms with E-state index in [1.54, 1.807) is 0 Å². The highest BCUT2D eigenvalue weighted by molar-refractivity contribution is 8.00. The molecule has 7 nitrogen and oxygen atoms in total. The Kier molecular flexibility index (Phi) is 4.98. The second-order valence-corrected chi connectivity index (χ2v) is 6.69. The summed E-state index contributed by atoms with van der Waals surface area (Å²) >= 11 is 1.44. The largest absolute Gasteiger partial charge is 0.498 e. The van der Waals surface area contributed by atoms with Gasteiger partial charge in [0.25, 0.3) is 5.91 Å². The highest BCUT2D eigenvalue weighted by Crippen LogP contribution is 2.40. The summed E-state index contributed by atoms with van der Waals surface area (Å²) in [6.45, 7) is 0. The van der Waals surface area contributed by atoms with E-state index in [4.69, 9.17) is 9.47 Å². The lowest BCUT2D eigenvalue weighted by Crippen LogP contribution is -2.70. The van der Waals surface area contributed by atoms with Crippen molar-refractivity contribution in [3.05, 3.63) is 47.4 Å². The summed E-state index contributed by atoms with van der Waals surface area (Å²) in [5.74, 6) is -0.361. The minimum Gasteiger partial charge on any atom is -0.498 e. The SMILES string of the molecule is COC(=O)C1=C(OC)CS[C@@H]2[C@H](NC(=O)Cc3ccccc3)C(=O)N12. The van der Waals surface area contributed by atoms with Gasteiger partial charge < -0.3 is 14.8 Å². The van der Waals surface area contributed by atoms with Gasteiger partial charge in [-0.15, -0.1) is 11.8 Å². The van der Waals surface area contributed by atoms with Gasteiger partial charge in [-0.1, -0.05) is 30.3 Å². The van der Waals surface area contributed by atoms with Crippen molar-refractivity contribution in [2.45, 2.75) is 17.8 Å². The molecule has 8 heteroatoms. The van der Waals surface area contributed by atoms with Crippen LogP contribution in [0.5, 0.6) is 0 Å². The Morgan fingerprint density at radius 1 is 1.28 bits per heavy atom. The van der Waals surface area contributed by atoms with Crippen molar-refractivity contribution in [3.8, 4) is 0 Å². The van der Waals surface area contributed by atoms with Crippen molar-refractivity contribution in [3.63, 3.8) is 0 Å². The predicted molar refractivity (Wildman–Crippen MR) is 91.2 cm³/mol. The Labute approximate surface area is 149 Å². The van der Waals surface area contributed by atoms with Gasteiger partial charge in [-0.3, -0.25) is 14.5 Å². The maximum Gasteiger partial charge on any atom is 0.358 e. The number of ether oxygens (including phenoxy) is 2. The highest BCUT2D eigenvalue weighted by Gasteiger charge is 2.54. The molecule has 0 bridgehead atoms. The van der Waals surface area contributed by atoms with Gasteiger partial charge in [0.1, 0.15) is 17.2 Å². The average Bonchev–Trinajstić information content (AvgIpc) is 2.64. The molecule has 2 aliphatic rings. The first-order chi connectivity index (χ1) is 12.1. The lowest BCUT2D eigenvalue weighted by Gasteiger charge is -2.49. The summed E-state index contributed by atoms with van der Waals surface area (Å²) < 4.78 is 9.95. The zero-order valence-corrected chi connectivity index (χ0v) is 14.7. The van der Waals surface area contributed by atoms with Crippen LogP contribution >= 0.6 is 11.8 Å². The number of hydrogen-bond acceptors (Lipinski definition) is 6. The maximum absolute atomic E-state index is 12.5. The van der Waals surface area contributed by atoms with Crippen LogP contribution in [0.4, 0.5) is 0 Å². The lowest BCUT2D eigenvalue weighted by molar-refractivity contribution is -0.152. The first kappa shape index (κ1) is 17.3. The van der Waals surface area contributed by atoms with Crippen LogP contribution in [0.3, 0.4) is 0 Å². The van der Waals surface area contributed by atoms with Gasteiger partial charge in [0.15, 0.2) is 5.70 Å². The summed E-state index contributed by atoms with van der Waals surface area (Å²) in [6, 6.07) is 8.64. The molecular formula is C17H18N2O5S. The van der Waals surface area contributed by atoms with Gasteiger partial charge in [0, 0.05) is 0 Å². The third-order valence-electron chi connectivity index (χ3n) is 4.08. The Hall–Kier alpha value is -2.48. The lowest BCUT2D eigenvalue weighted by atomic mass is 10.0. The van der Waals surface area contributed by atoms with E-state index in [9.17, 15) is 14.4 Å². The summed E-state index contributed by atoms with van der Waals surface area (Å²) in [6.07, 6.45) is 0.199. The molecule has 2 atom stereocenters. The normalized spacial score (nSPS) is 22.0. The molecule has 1 saturated heterocycles. The molecule has 0 spiro atoms. The van der Waals surface area contributed by atoms with Crippen molar-refractivity contribution >= 4 is 29.5 Å². The molecule has 2 amide bonds. The number of methoxy groups -OCH3 is 2. The molecule has 3 rings (SSSR count). The van der Waals surface area contributed by atoms with Gasteiger partial charge >= 0.3 is 5.97 Å². The number of hydrogen-bond donors (Lipinski definition) is 1. The average molecular weight is 362 g/mol. The van der Waals surface area contributed by atoms with Gasteiger partial charge in [-0.05, 0) is 5.56 Å². The summed E-state index contributed by atoms with van der Waals surface area (Å²) in [5.41, 5.74) is 0.990. The molecule has 0 aromatic heterocycles. The van der Waals surface area contributed by atoms with E-state index in [0.29, 0.717) is 11.5 Å². The summed E-state index contributed by atoms with van der Waals surface area (Å²) in [7, 11) is 2.70. The number of rotatable bonds is 5. The van der Waals surface area contributed by atoms with E-state index in [1.165, 1.54) is 30.9 Å². The third-order valence-corrected chi connectivity index (χ3v) is 5.34. The molecular weight excluding hydrogens is 344 g/mol. The fourth-order valence-electron chi connectivity index (χ4n) is 2.84. The molecule has 0 saturated carbocycles. The van der Waals surface area contributed by atoms with E-state index in [0.717, 1.165) is 5.56 Å². The number of amides is 2. The molecule has 1 fully saturated rings. The molecule has 1 N–H and O–H groups in total. The first-order valence-corrected chi connectivity index (χ1v) is 8.75. The van der Waals surface area contributed by atoms with Crippen molar-refractivity contribution < 1.29 is 23.9 Å². The van der Waals surface area contributed by atoms with E-state index in [-0.39, 0.29) is 29.3 Å². The molecule has 0 aliphatic carbocycles. The van der Waals surface area contributed by atoms with Crippen molar-refractivity contribution in [1.82, 2.24) is 10.2 Å². The van der Waals surface area contributed by atoms with E-state index in [2.05, 4.69) is 5.32 Å². The van der Waals surface area contributed by atoms with Crippen molar-refractivity contribution in [2.75, 3.05) is 20.0 Å². The Bertz CT molecular complexity index is 734. The van der Waals surface area contributed by atoms with Gasteiger partial charge in [0.05, 0.1) is 26.4 Å². The topological polar surface area (TPSA) is 84.9 Å². The van der Waals surface area contributed by atoms with E-state index < -0.39 is 12.0 Å². The summed E-state index contributed by atoms with van der Waals surface area (Å²) in [5, 5.41) is 2.42. The van der Waals surface area contributed by atoms with Crippen LogP contribution in [0.15, 0.2) is 41.8 Å². The smallest absolute Gasteiger partial charge is 0.358 e. The Morgan fingerprint density at radius 2 is 2.00 bits per heavy atom. The van der Waals surface area contributed by atoms with Crippen LogP contribution < -0.4 is 5.32 Å². The number of thioether (sulfide) groups is 1. The van der Waals surface area contributed by atoms with Crippen LogP contribution in [-0.4, -0.2) is 54.1 Å². The van der Waals surface area contributed by atoms with Crippen molar-refractivity contribution in [1.29, 1.82) is 0 Å². The molecule has 0 unspecified atom stereocenters. The van der Waals surface area contributed by atoms with Gasteiger partial charge in [0.2, 0.25) is 5.91 Å². The third kappa shape index (κ3) is 3.21. The second kappa shape index (κ2) is 7.18. The molecule has 2 aliphatic heterocycles. The number of β-lactam (4-membered cyclic amide) rings is 1. The number of fused-ring (bicyclic) bond motifs is 1. The summed E-state index contributed by atoms with van der Waals surface area (Å²) in [4.78, 5) is 38.0. The Morgan fingerprint density at radius 3 is 2.64 bits per heavy atom. The molecule has 132 valence electrons. The Balaban J connectivity index is 1.70. The molecule has 25 heavy (non-hydrogen) atoms. The molecule has 2 heterocycles. The number of nitrogens with one attached hydrogen (secondary N) is 1. The number of nitrogens with zero attached hydrogens (tertiary/aromatic N) is 1. The zero-order chi connectivity index (χ0) is 18.0. The van der Waals surface area contributed by atoms with E-state index >= 15 is 0 Å². The minimum atomic E-state index is -0.653. The second-order valence-electron chi connectivity index (χ2n) is 5.58. The standard InChI is InChI=1S/C17H18N2O5S/c1-23-11-9-25-16-13(15(21)19(16)14(11)17(22)24-2)18-12(20)8-10-6-4-3-5-7-10/h3-7,13,16H,8-9H2,1-2H3,(H,18,20)/t13-,16-/m1/s1. The highest BCUT2D eigenvalue weighted by atomic mass is 32.2. The van der Waals surface area contributed by atoms with Gasteiger partial charge in [-0.2, -0.15) is 0 Å². The van der Waals surface area contributed by atoms with Crippen LogP contribution in [-0.2, 0) is 30.3 Å². The van der Waals surface area contributed by atoms with Crippen molar-refractivity contribution in [2.24, 2.45) is 0 Å². The number of benzene rings is 1. The van der Waals surface area contributed by atoms with E-state index in [1.807, 2.05) is 30.3 Å². The monoisotopic (exact) mass is 362 g/mol. The fraction of sp³-hybridized carbons (Fsp3) is 0.353. The molecule has 1 aromatic carbocycles. The van der Waals surface area contributed by atoms with Crippen LogP contribution in [0.2, 0.25) is 0 Å². The number of esters is 1. The molecule has 0 radical (unpaired) electrons. The minimum absolute atomic E-state index is 0.118. The number of carbonyl (C=O) groups excluding carboxylic acids is 3. The first-order valence-electron chi connectivity index (χ1n) is 7.70. The predicted octanol–water partition coefficient (Wildman–Crippen LogP) is 0.660. The fourth-order valence-corrected chi connectivity index (χ4v) is 4.15. The van der Waals surface area contributed by atoms with Crippen LogP contribution in [0.1, 0.15) is 5.56 Å². The van der Waals surface area contributed by atoms with Crippen LogP contribution in [0.25, 0.3) is 0 Å². The number of carbonyl (C=O) groups is 3. The quantitative estimate of drug-likeness (QED) is 0.612.